The zero-order valence-corrected chi connectivity index (χ0v) is 28.6. The Morgan fingerprint density at radius 3 is 2.34 bits per heavy atom. The van der Waals surface area contributed by atoms with Crippen molar-refractivity contribution in [3.8, 4) is 17.2 Å². The summed E-state index contributed by atoms with van der Waals surface area (Å²) in [5.41, 5.74) is -6.54. The summed E-state index contributed by atoms with van der Waals surface area (Å²) in [7, 11) is 0. The van der Waals surface area contributed by atoms with Crippen molar-refractivity contribution in [2.45, 2.75) is 109 Å². The minimum atomic E-state index is -6.01. The fourth-order valence-corrected chi connectivity index (χ4v) is 6.04. The smallest absolute Gasteiger partial charge is 0.430 e. The summed E-state index contributed by atoms with van der Waals surface area (Å²) in [6.45, 7) is 6.21. The molecule has 2 aromatic carbocycles. The molecule has 2 amide bonds. The number of carbonyl (C=O) groups excluding carboxylic acids is 1. The first-order chi connectivity index (χ1) is 23.7. The normalized spacial score (nSPS) is 18.2. The van der Waals surface area contributed by atoms with Crippen LogP contribution in [0.2, 0.25) is 0 Å². The first-order valence-corrected chi connectivity index (χ1v) is 17.1. The molecule has 1 fully saturated rings. The predicted molar refractivity (Wildman–Crippen MR) is 175 cm³/mol. The third-order valence-corrected chi connectivity index (χ3v) is 8.94. The monoisotopic (exact) mass is 716 g/mol. The second-order valence-electron chi connectivity index (χ2n) is 12.5. The number of hydrogen-bond acceptors (Lipinski definition) is 6. The van der Waals surface area contributed by atoms with Gasteiger partial charge in [-0.15, -0.1) is 0 Å². The van der Waals surface area contributed by atoms with Crippen molar-refractivity contribution >= 4 is 12.1 Å². The standard InChI is InChI=1S/C36H46F6N2O6/c1-4-7-8-9-10-11-15-26-21-28(34(46,35(37,38)39)36(40,41)42)20-25(14-5-2)31(26)47-19-13-12-18-44-23-50-33(6-3,43-32(44)45)27-16-17-29-30(22-27)49-24-48-29/h11,15-17,20-22,46H,4-10,12-14,18-19,23-24H2,1-3H3,(H,43,45)/b15-11+. The largest absolute Gasteiger partial charge is 0.493 e. The molecule has 278 valence electrons. The summed E-state index contributed by atoms with van der Waals surface area (Å²) in [5.74, 6) is 1.34. The van der Waals surface area contributed by atoms with Crippen LogP contribution in [0.1, 0.15) is 101 Å². The van der Waals surface area contributed by atoms with Gasteiger partial charge >= 0.3 is 18.4 Å². The first-order valence-electron chi connectivity index (χ1n) is 17.1. The molecule has 0 bridgehead atoms. The Hall–Kier alpha value is -3.65. The Kier molecular flexibility index (Phi) is 13.0. The molecule has 1 saturated heterocycles. The van der Waals surface area contributed by atoms with Crippen LogP contribution in [0, 0.1) is 0 Å². The van der Waals surface area contributed by atoms with E-state index in [1.54, 1.807) is 25.1 Å². The molecule has 0 radical (unpaired) electrons. The number of unbranched alkanes of at least 4 members (excludes halogenated alkanes) is 5. The quantitative estimate of drug-likeness (QED) is 0.126. The number of amides is 2. The summed E-state index contributed by atoms with van der Waals surface area (Å²) in [4.78, 5) is 14.6. The number of fused-ring (bicyclic) bond motifs is 1. The zero-order chi connectivity index (χ0) is 36.6. The highest BCUT2D eigenvalue weighted by molar-refractivity contribution is 5.75. The van der Waals surface area contributed by atoms with Gasteiger partial charge in [0.25, 0.3) is 5.60 Å². The van der Waals surface area contributed by atoms with Crippen LogP contribution in [-0.2, 0) is 22.5 Å². The van der Waals surface area contributed by atoms with Gasteiger partial charge in [-0.25, -0.2) is 4.79 Å². The Morgan fingerprint density at radius 2 is 1.68 bits per heavy atom. The summed E-state index contributed by atoms with van der Waals surface area (Å²) < 4.78 is 106. The van der Waals surface area contributed by atoms with E-state index in [1.165, 1.54) is 11.0 Å². The molecule has 0 spiro atoms. The molecule has 4 rings (SSSR count). The van der Waals surface area contributed by atoms with Crippen LogP contribution in [-0.4, -0.2) is 55.1 Å². The fraction of sp³-hybridized carbons (Fsp3) is 0.583. The lowest BCUT2D eigenvalue weighted by atomic mass is 9.87. The van der Waals surface area contributed by atoms with E-state index in [0.29, 0.717) is 61.8 Å². The molecule has 0 aromatic heterocycles. The van der Waals surface area contributed by atoms with E-state index < -0.39 is 29.2 Å². The molecule has 2 heterocycles. The zero-order valence-electron chi connectivity index (χ0n) is 28.6. The molecule has 2 aliphatic heterocycles. The average molecular weight is 717 g/mol. The second kappa shape index (κ2) is 16.6. The number of carbonyl (C=O) groups is 1. The first kappa shape index (κ1) is 39.1. The molecule has 1 unspecified atom stereocenters. The summed E-state index contributed by atoms with van der Waals surface area (Å²) in [6.07, 6.45) is -2.63. The Bertz CT molecular complexity index is 1470. The number of aryl methyl sites for hydroxylation is 1. The second-order valence-corrected chi connectivity index (χ2v) is 12.5. The van der Waals surface area contributed by atoms with E-state index in [9.17, 15) is 36.2 Å². The number of allylic oxidation sites excluding steroid dienone is 1. The van der Waals surface area contributed by atoms with Crippen LogP contribution < -0.4 is 19.5 Å². The average Bonchev–Trinajstić information content (AvgIpc) is 3.54. The van der Waals surface area contributed by atoms with Gasteiger partial charge in [0, 0.05) is 23.2 Å². The predicted octanol–water partition coefficient (Wildman–Crippen LogP) is 9.08. The van der Waals surface area contributed by atoms with Crippen LogP contribution >= 0.6 is 0 Å². The number of urea groups is 1. The van der Waals surface area contributed by atoms with E-state index in [-0.39, 0.29) is 49.5 Å². The maximum absolute atomic E-state index is 13.9. The summed E-state index contributed by atoms with van der Waals surface area (Å²) in [6, 6.07) is 6.48. The number of rotatable bonds is 17. The molecule has 50 heavy (non-hydrogen) atoms. The number of halogens is 6. The highest BCUT2D eigenvalue weighted by Gasteiger charge is 2.71. The molecule has 2 aliphatic rings. The van der Waals surface area contributed by atoms with Gasteiger partial charge in [0.2, 0.25) is 6.79 Å². The molecule has 2 N–H and O–H groups in total. The van der Waals surface area contributed by atoms with Crippen molar-refractivity contribution in [3.05, 3.63) is 58.7 Å². The van der Waals surface area contributed by atoms with Gasteiger partial charge in [-0.05, 0) is 68.4 Å². The van der Waals surface area contributed by atoms with Crippen LogP contribution in [0.3, 0.4) is 0 Å². The number of hydrogen-bond donors (Lipinski definition) is 2. The van der Waals surface area contributed by atoms with Crippen molar-refractivity contribution in [1.29, 1.82) is 0 Å². The van der Waals surface area contributed by atoms with Gasteiger partial charge in [0.05, 0.1) is 6.61 Å². The summed E-state index contributed by atoms with van der Waals surface area (Å²) in [5, 5.41) is 13.2. The van der Waals surface area contributed by atoms with Gasteiger partial charge in [-0.1, -0.05) is 64.7 Å². The van der Waals surface area contributed by atoms with Crippen molar-refractivity contribution in [3.63, 3.8) is 0 Å². The lowest BCUT2D eigenvalue weighted by molar-refractivity contribution is -0.376. The van der Waals surface area contributed by atoms with E-state index in [0.717, 1.165) is 31.7 Å². The minimum absolute atomic E-state index is 0.0194. The highest BCUT2D eigenvalue weighted by atomic mass is 19.4. The fourth-order valence-electron chi connectivity index (χ4n) is 6.04. The van der Waals surface area contributed by atoms with Crippen molar-refractivity contribution < 1.29 is 55.2 Å². The van der Waals surface area contributed by atoms with Gasteiger partial charge in [-0.3, -0.25) is 0 Å². The Balaban J connectivity index is 1.45. The van der Waals surface area contributed by atoms with E-state index in [2.05, 4.69) is 12.2 Å². The maximum Gasteiger partial charge on any atom is 0.430 e. The number of benzene rings is 2. The Morgan fingerprint density at radius 1 is 0.940 bits per heavy atom. The van der Waals surface area contributed by atoms with Crippen LogP contribution in [0.4, 0.5) is 31.1 Å². The molecular formula is C36H46F6N2O6. The molecular weight excluding hydrogens is 670 g/mol. The topological polar surface area (TPSA) is 89.5 Å². The molecule has 1 atom stereocenters. The van der Waals surface area contributed by atoms with Crippen molar-refractivity contribution in [1.82, 2.24) is 10.2 Å². The van der Waals surface area contributed by atoms with Crippen molar-refractivity contribution in [2.75, 3.05) is 26.7 Å². The summed E-state index contributed by atoms with van der Waals surface area (Å²) >= 11 is 0. The van der Waals surface area contributed by atoms with E-state index in [1.807, 2.05) is 13.0 Å². The molecule has 0 aliphatic carbocycles. The molecule has 8 nitrogen and oxygen atoms in total. The number of alkyl halides is 6. The van der Waals surface area contributed by atoms with Gasteiger partial charge < -0.3 is 34.3 Å². The van der Waals surface area contributed by atoms with Gasteiger partial charge in [-0.2, -0.15) is 26.3 Å². The van der Waals surface area contributed by atoms with Crippen molar-refractivity contribution in [2.24, 2.45) is 0 Å². The van der Waals surface area contributed by atoms with Gasteiger partial charge in [0.15, 0.2) is 17.2 Å². The highest BCUT2D eigenvalue weighted by Crippen LogP contribution is 2.51. The lowest BCUT2D eigenvalue weighted by Gasteiger charge is -2.42. The minimum Gasteiger partial charge on any atom is -0.493 e. The van der Waals surface area contributed by atoms with Crippen LogP contribution in [0.5, 0.6) is 17.2 Å². The third-order valence-electron chi connectivity index (χ3n) is 8.94. The molecule has 0 saturated carbocycles. The van der Waals surface area contributed by atoms with E-state index >= 15 is 0 Å². The van der Waals surface area contributed by atoms with Crippen LogP contribution in [0.15, 0.2) is 36.4 Å². The number of nitrogens with zero attached hydrogens (tertiary/aromatic N) is 1. The van der Waals surface area contributed by atoms with E-state index in [4.69, 9.17) is 18.9 Å². The maximum atomic E-state index is 13.9. The number of ether oxygens (including phenoxy) is 4. The molecule has 14 heteroatoms. The number of aliphatic hydroxyl groups is 1. The lowest BCUT2D eigenvalue weighted by Crippen LogP contribution is -2.59. The SMILES string of the molecule is CCCCCC/C=C/c1cc(C(O)(C(F)(F)F)C(F)(F)F)cc(CCC)c1OCCCCN1COC(CC)(c2ccc3c(c2)OCO3)NC1=O. The number of nitrogens with one attached hydrogen (secondary N) is 1. The Labute approximate surface area is 288 Å². The van der Waals surface area contributed by atoms with Crippen LogP contribution in [0.25, 0.3) is 6.08 Å². The third kappa shape index (κ3) is 8.62. The van der Waals surface area contributed by atoms with Gasteiger partial charge in [0.1, 0.15) is 12.5 Å². The molecule has 2 aromatic rings.